The van der Waals surface area contributed by atoms with Gasteiger partial charge in [-0.1, -0.05) is 84.7 Å². The summed E-state index contributed by atoms with van der Waals surface area (Å²) in [5, 5.41) is 2.28. The first-order chi connectivity index (χ1) is 24.1. The molecule has 1 aliphatic heterocycles. The van der Waals surface area contributed by atoms with Crippen LogP contribution < -0.4 is 0 Å². The summed E-state index contributed by atoms with van der Waals surface area (Å²) in [5.74, 6) is 2.42. The van der Waals surface area contributed by atoms with Crippen molar-refractivity contribution in [2.24, 2.45) is 5.92 Å². The van der Waals surface area contributed by atoms with Crippen LogP contribution in [0.5, 0.6) is 0 Å². The molecule has 3 aliphatic rings. The van der Waals surface area contributed by atoms with Crippen molar-refractivity contribution in [3.63, 3.8) is 0 Å². The van der Waals surface area contributed by atoms with Gasteiger partial charge in [0.25, 0.3) is 0 Å². The molecule has 0 spiro atoms. The number of aromatic nitrogens is 3. The molecule has 7 aromatic rings. The molecule has 0 amide bonds. The number of benzene rings is 4. The zero-order chi connectivity index (χ0) is 33.0. The topological polar surface area (TPSA) is 43.9 Å². The Balaban J connectivity index is 0.000000142. The van der Waals surface area contributed by atoms with E-state index >= 15 is 0 Å². The van der Waals surface area contributed by atoms with Crippen LogP contribution in [0.15, 0.2) is 107 Å². The largest absolute Gasteiger partial charge is 0.501 e. The molecule has 4 heterocycles. The first-order valence-electron chi connectivity index (χ1n) is 18.1. The van der Waals surface area contributed by atoms with Gasteiger partial charge in [0.1, 0.15) is 5.58 Å². The number of para-hydroxylation sites is 2. The van der Waals surface area contributed by atoms with Crippen molar-refractivity contribution in [2.45, 2.75) is 76.7 Å². The van der Waals surface area contributed by atoms with Gasteiger partial charge < -0.3 is 14.0 Å². The summed E-state index contributed by atoms with van der Waals surface area (Å²) in [4.78, 5) is 9.62. The number of imidazole rings is 1. The van der Waals surface area contributed by atoms with Crippen LogP contribution in [0.1, 0.15) is 82.3 Å². The second-order valence-corrected chi connectivity index (χ2v) is 14.6. The van der Waals surface area contributed by atoms with Crippen LogP contribution in [0.4, 0.5) is 0 Å². The minimum absolute atomic E-state index is 0. The molecule has 0 bridgehead atoms. The molecule has 4 aromatic carbocycles. The van der Waals surface area contributed by atoms with E-state index in [-0.39, 0.29) is 25.6 Å². The maximum atomic E-state index is 6.13. The van der Waals surface area contributed by atoms with Crippen LogP contribution in [-0.2, 0) is 25.6 Å². The molecule has 10 rings (SSSR count). The molecule has 1 radical (unpaired) electrons. The smallest absolute Gasteiger partial charge is 0.120 e. The summed E-state index contributed by atoms with van der Waals surface area (Å²) in [6.07, 6.45) is 15.0. The van der Waals surface area contributed by atoms with Gasteiger partial charge in [-0.25, -0.2) is 0 Å². The predicted octanol–water partition coefficient (Wildman–Crippen LogP) is 11.9. The molecular weight excluding hydrogens is 791 g/mol. The van der Waals surface area contributed by atoms with Gasteiger partial charge in [0, 0.05) is 31.7 Å². The van der Waals surface area contributed by atoms with Crippen molar-refractivity contribution in [2.75, 3.05) is 0 Å². The van der Waals surface area contributed by atoms with Gasteiger partial charge in [0.2, 0.25) is 0 Å². The molecule has 0 saturated heterocycles. The minimum atomic E-state index is -0.0584. The molecule has 2 aliphatic carbocycles. The van der Waals surface area contributed by atoms with E-state index in [0.29, 0.717) is 11.8 Å². The standard InChI is InChI=1S/C23H23N2.C22H18NO.Ir/c1-23(2)19(16-9-6-7-10-16)15-18-13-8-14-20-21(18)25(23)22(24-20)17-11-4-3-5-12-17;1-2-7-15(6-1)16-12-13-23-20(14-16)19-10-5-9-18-17-8-3-4-11-21(17)24-22(18)19;/h3-5,8,11,13-16H,6-7,9-10H2,1-2H3;3-5,8-9,11-15H,1-2,6-7H2;/q2*-1;. The summed E-state index contributed by atoms with van der Waals surface area (Å²) >= 11 is 0. The van der Waals surface area contributed by atoms with Gasteiger partial charge in [-0.15, -0.1) is 54.1 Å². The first-order valence-corrected chi connectivity index (χ1v) is 18.1. The van der Waals surface area contributed by atoms with Gasteiger partial charge in [0.05, 0.1) is 28.0 Å². The summed E-state index contributed by atoms with van der Waals surface area (Å²) in [7, 11) is 0. The van der Waals surface area contributed by atoms with E-state index in [9.17, 15) is 0 Å². The van der Waals surface area contributed by atoms with Crippen LogP contribution in [0.2, 0.25) is 0 Å². The fraction of sp³-hybridized carbons (Fsp3) is 0.289. The van der Waals surface area contributed by atoms with Gasteiger partial charge in [0.15, 0.2) is 0 Å². The van der Waals surface area contributed by atoms with Crippen LogP contribution in [0.25, 0.3) is 61.7 Å². The fourth-order valence-electron chi connectivity index (χ4n) is 8.83. The van der Waals surface area contributed by atoms with Crippen LogP contribution in [0.3, 0.4) is 0 Å². The van der Waals surface area contributed by atoms with Gasteiger partial charge in [-0.2, -0.15) is 0 Å². The Hall–Kier alpha value is -4.31. The van der Waals surface area contributed by atoms with E-state index in [1.54, 1.807) is 5.57 Å². The summed E-state index contributed by atoms with van der Waals surface area (Å²) in [6.45, 7) is 4.72. The fourth-order valence-corrected chi connectivity index (χ4v) is 8.83. The first kappa shape index (κ1) is 32.9. The minimum Gasteiger partial charge on any atom is -0.501 e. The number of nitrogens with zero attached hydrogens (tertiary/aromatic N) is 3. The maximum absolute atomic E-state index is 6.13. The van der Waals surface area contributed by atoms with Crippen molar-refractivity contribution in [3.8, 4) is 22.6 Å². The Morgan fingerprint density at radius 2 is 1.56 bits per heavy atom. The molecular formula is C45H41IrN3O-2. The predicted molar refractivity (Wildman–Crippen MR) is 200 cm³/mol. The Labute approximate surface area is 308 Å². The number of allylic oxidation sites excluding steroid dienone is 1. The monoisotopic (exact) mass is 832 g/mol. The van der Waals surface area contributed by atoms with E-state index < -0.39 is 0 Å². The Morgan fingerprint density at radius 1 is 0.780 bits per heavy atom. The third-order valence-corrected chi connectivity index (χ3v) is 11.2. The maximum Gasteiger partial charge on any atom is 0.120 e. The van der Waals surface area contributed by atoms with E-state index in [4.69, 9.17) is 9.40 Å². The zero-order valence-corrected chi connectivity index (χ0v) is 31.1. The van der Waals surface area contributed by atoms with Crippen molar-refractivity contribution in [1.29, 1.82) is 0 Å². The van der Waals surface area contributed by atoms with Crippen molar-refractivity contribution < 1.29 is 24.5 Å². The molecule has 4 nitrogen and oxygen atoms in total. The molecule has 50 heavy (non-hydrogen) atoms. The zero-order valence-electron chi connectivity index (χ0n) is 28.7. The Kier molecular flexibility index (Phi) is 8.83. The van der Waals surface area contributed by atoms with Gasteiger partial charge in [-0.05, 0) is 86.4 Å². The third kappa shape index (κ3) is 5.65. The third-order valence-electron chi connectivity index (χ3n) is 11.2. The number of hydrogen-bond acceptors (Lipinski definition) is 3. The molecule has 2 fully saturated rings. The summed E-state index contributed by atoms with van der Waals surface area (Å²) < 4.78 is 8.60. The number of hydrogen-bond donors (Lipinski definition) is 0. The average molecular weight is 832 g/mol. The van der Waals surface area contributed by atoms with Crippen molar-refractivity contribution >= 4 is 39.0 Å². The molecule has 253 valence electrons. The number of rotatable bonds is 4. The van der Waals surface area contributed by atoms with Crippen molar-refractivity contribution in [3.05, 3.63) is 126 Å². The second-order valence-electron chi connectivity index (χ2n) is 14.6. The summed E-state index contributed by atoms with van der Waals surface area (Å²) in [5.41, 5.74) is 11.4. The van der Waals surface area contributed by atoms with Gasteiger partial charge >= 0.3 is 0 Å². The molecule has 2 saturated carbocycles. The number of furan rings is 1. The van der Waals surface area contributed by atoms with E-state index in [2.05, 4.69) is 96.2 Å². The Morgan fingerprint density at radius 3 is 2.36 bits per heavy atom. The SMILES string of the molecule is CC1(C)C(C2CCCC2)=Cc2cccc3nc(-c4[c-]cccc4)n1c23.[Ir].[c-]1ccc2c(oc3ccccc32)c1-c1cc(C2CCCC2)ccn1. The van der Waals surface area contributed by atoms with Crippen LogP contribution >= 0.6 is 0 Å². The molecule has 3 aromatic heterocycles. The average Bonchev–Trinajstić information content (AvgIpc) is 3.97. The second kappa shape index (κ2) is 13.4. The van der Waals surface area contributed by atoms with Crippen LogP contribution in [0, 0.1) is 18.1 Å². The quantitative estimate of drug-likeness (QED) is 0.166. The van der Waals surface area contributed by atoms with Crippen molar-refractivity contribution in [1.82, 2.24) is 14.5 Å². The van der Waals surface area contributed by atoms with E-state index in [1.807, 2.05) is 42.6 Å². The summed E-state index contributed by atoms with van der Waals surface area (Å²) in [6, 6.07) is 38.0. The number of pyridine rings is 1. The van der Waals surface area contributed by atoms with E-state index in [1.165, 1.54) is 68.0 Å². The number of fused-ring (bicyclic) bond motifs is 3. The van der Waals surface area contributed by atoms with E-state index in [0.717, 1.165) is 50.1 Å². The normalized spacial score (nSPS) is 17.1. The molecule has 0 atom stereocenters. The van der Waals surface area contributed by atoms with Crippen LogP contribution in [-0.4, -0.2) is 14.5 Å². The molecule has 0 N–H and O–H groups in total. The molecule has 0 unspecified atom stereocenters. The van der Waals surface area contributed by atoms with Gasteiger partial charge in [-0.3, -0.25) is 4.98 Å². The Bertz CT molecular complexity index is 2340. The molecule has 5 heteroatoms.